The third-order valence-corrected chi connectivity index (χ3v) is 6.35. The Bertz CT molecular complexity index is 1260. The summed E-state index contributed by atoms with van der Waals surface area (Å²) in [6.07, 6.45) is 2.59. The molecule has 0 spiro atoms. The number of benzene rings is 3. The fourth-order valence-electron chi connectivity index (χ4n) is 4.81. The van der Waals surface area contributed by atoms with Crippen LogP contribution in [0, 0.1) is 11.3 Å². The van der Waals surface area contributed by atoms with Crippen molar-refractivity contribution in [3.8, 4) is 5.75 Å². The maximum Gasteiger partial charge on any atom is 0.193 e. The Morgan fingerprint density at radius 3 is 2.39 bits per heavy atom. The molecule has 0 bridgehead atoms. The molecular weight excluding hydrogens is 412 g/mol. The monoisotopic (exact) mass is 438 g/mol. The second-order valence-electron chi connectivity index (χ2n) is 9.50. The lowest BCUT2D eigenvalue weighted by Crippen LogP contribution is -2.36. The van der Waals surface area contributed by atoms with Gasteiger partial charge in [-0.25, -0.2) is 0 Å². The van der Waals surface area contributed by atoms with Gasteiger partial charge in [-0.2, -0.15) is 0 Å². The van der Waals surface area contributed by atoms with Gasteiger partial charge in [0.2, 0.25) is 0 Å². The van der Waals surface area contributed by atoms with Crippen LogP contribution in [-0.4, -0.2) is 16.7 Å². The number of phenols is 1. The second kappa shape index (κ2) is 7.93. The van der Waals surface area contributed by atoms with Crippen LogP contribution in [0.2, 0.25) is 0 Å². The van der Waals surface area contributed by atoms with Crippen molar-refractivity contribution in [3.63, 3.8) is 0 Å². The first-order valence-corrected chi connectivity index (χ1v) is 11.1. The normalized spacial score (nSPS) is 20.9. The molecule has 2 atom stereocenters. The Labute approximate surface area is 193 Å². The van der Waals surface area contributed by atoms with E-state index in [1.807, 2.05) is 48.5 Å². The average molecular weight is 439 g/mol. The van der Waals surface area contributed by atoms with E-state index < -0.39 is 5.92 Å². The fraction of sp³-hybridized carbons (Fsp3) is 0.214. The molecule has 0 fully saturated rings. The van der Waals surface area contributed by atoms with Gasteiger partial charge in [-0.05, 0) is 41.3 Å². The quantitative estimate of drug-likeness (QED) is 0.457. The Morgan fingerprint density at radius 1 is 0.939 bits per heavy atom. The fourth-order valence-corrected chi connectivity index (χ4v) is 4.81. The molecule has 0 amide bonds. The van der Waals surface area contributed by atoms with Crippen molar-refractivity contribution in [2.75, 3.05) is 10.6 Å². The minimum atomic E-state index is -0.400. The molecule has 1 aliphatic heterocycles. The summed E-state index contributed by atoms with van der Waals surface area (Å²) >= 11 is 0. The largest absolute Gasteiger partial charge is 0.508 e. The number of hydrogen-bond acceptors (Lipinski definition) is 5. The van der Waals surface area contributed by atoms with Crippen LogP contribution in [0.5, 0.6) is 5.75 Å². The number of Topliss-reactive ketones (excluding diaryl/α,β-unsaturated/α-hetero) is 1. The highest BCUT2D eigenvalue weighted by atomic mass is 16.3. The highest BCUT2D eigenvalue weighted by Crippen LogP contribution is 2.45. The van der Waals surface area contributed by atoms with E-state index in [4.69, 9.17) is 0 Å². The summed E-state index contributed by atoms with van der Waals surface area (Å²) in [5.74, 6) is -0.112. The number of anilines is 2. The minimum absolute atomic E-state index is 0.0508. The molecule has 5 heteroatoms. The van der Waals surface area contributed by atoms with E-state index in [-0.39, 0.29) is 28.8 Å². The second-order valence-corrected chi connectivity index (χ2v) is 9.50. The molecule has 0 radical (unpaired) electrons. The number of rotatable bonds is 3. The van der Waals surface area contributed by atoms with E-state index in [1.54, 1.807) is 24.3 Å². The van der Waals surface area contributed by atoms with Crippen molar-refractivity contribution in [1.82, 2.24) is 0 Å². The summed E-state index contributed by atoms with van der Waals surface area (Å²) in [4.78, 5) is 26.4. The van der Waals surface area contributed by atoms with Crippen molar-refractivity contribution < 1.29 is 14.7 Å². The van der Waals surface area contributed by atoms with Crippen molar-refractivity contribution in [1.29, 1.82) is 0 Å². The van der Waals surface area contributed by atoms with Crippen molar-refractivity contribution in [2.45, 2.75) is 26.3 Å². The van der Waals surface area contributed by atoms with Gasteiger partial charge in [0.15, 0.2) is 5.78 Å². The molecule has 1 aliphatic carbocycles. The summed E-state index contributed by atoms with van der Waals surface area (Å²) < 4.78 is 0. The number of aromatic hydroxyl groups is 1. The molecule has 0 saturated heterocycles. The molecule has 5 rings (SSSR count). The van der Waals surface area contributed by atoms with Crippen molar-refractivity contribution in [3.05, 3.63) is 101 Å². The maximum atomic E-state index is 13.3. The van der Waals surface area contributed by atoms with E-state index in [1.165, 1.54) is 0 Å². The smallest absolute Gasteiger partial charge is 0.193 e. The summed E-state index contributed by atoms with van der Waals surface area (Å²) in [7, 11) is 0. The Balaban J connectivity index is 1.60. The third-order valence-electron chi connectivity index (χ3n) is 6.35. The summed E-state index contributed by atoms with van der Waals surface area (Å²) in [5.41, 5.74) is 4.28. The van der Waals surface area contributed by atoms with Crippen LogP contribution in [0.25, 0.3) is 0 Å². The summed E-state index contributed by atoms with van der Waals surface area (Å²) in [5, 5.41) is 16.8. The molecule has 2 aliphatic rings. The molecular formula is C28H26N2O3. The van der Waals surface area contributed by atoms with Gasteiger partial charge < -0.3 is 15.7 Å². The number of allylic oxidation sites excluding steroid dienone is 1. The molecule has 1 heterocycles. The first-order chi connectivity index (χ1) is 15.8. The first kappa shape index (κ1) is 21.0. The van der Waals surface area contributed by atoms with E-state index >= 15 is 0 Å². The van der Waals surface area contributed by atoms with Crippen LogP contribution >= 0.6 is 0 Å². The Morgan fingerprint density at radius 2 is 1.67 bits per heavy atom. The summed E-state index contributed by atoms with van der Waals surface area (Å²) in [6, 6.07) is 21.4. The zero-order chi connectivity index (χ0) is 23.2. The number of fused-ring (bicyclic) bond motifs is 2. The molecule has 3 aromatic rings. The van der Waals surface area contributed by atoms with Gasteiger partial charge in [0.1, 0.15) is 11.5 Å². The molecule has 0 saturated carbocycles. The van der Waals surface area contributed by atoms with Gasteiger partial charge in [0, 0.05) is 23.2 Å². The first-order valence-electron chi connectivity index (χ1n) is 11.1. The lowest BCUT2D eigenvalue weighted by molar-refractivity contribution is -0.124. The number of nitrogens with one attached hydrogen (secondary N) is 2. The van der Waals surface area contributed by atoms with E-state index in [9.17, 15) is 14.7 Å². The number of hydrogen-bond donors (Lipinski definition) is 3. The van der Waals surface area contributed by atoms with Gasteiger partial charge in [-0.3, -0.25) is 9.59 Å². The standard InChI is InChI=1S/C28H26N2O3/c1-28(2)15-23-25(24(32)16-28)26(17-8-11-20(31)12-9-17)30-21-13-10-19(14-22(21)29-23)27(33)18-6-4-3-5-7-18/h3-15,25-26,29-31H,16H2,1-2H3/t25-,26+/m1/s1. The molecule has 3 N–H and O–H groups in total. The van der Waals surface area contributed by atoms with Crippen molar-refractivity contribution >= 4 is 22.9 Å². The number of carbonyl (C=O) groups is 2. The zero-order valence-electron chi connectivity index (χ0n) is 18.6. The predicted octanol–water partition coefficient (Wildman–Crippen LogP) is 5.70. The van der Waals surface area contributed by atoms with Crippen LogP contribution < -0.4 is 10.6 Å². The molecule has 3 aromatic carbocycles. The zero-order valence-corrected chi connectivity index (χ0v) is 18.6. The van der Waals surface area contributed by atoms with Crippen LogP contribution in [0.1, 0.15) is 47.8 Å². The minimum Gasteiger partial charge on any atom is -0.508 e. The van der Waals surface area contributed by atoms with Gasteiger partial charge in [-0.15, -0.1) is 0 Å². The van der Waals surface area contributed by atoms with Crippen LogP contribution in [-0.2, 0) is 4.79 Å². The van der Waals surface area contributed by atoms with Gasteiger partial charge in [0.25, 0.3) is 0 Å². The van der Waals surface area contributed by atoms with Crippen LogP contribution in [0.15, 0.2) is 84.6 Å². The van der Waals surface area contributed by atoms with Crippen molar-refractivity contribution in [2.24, 2.45) is 11.3 Å². The third kappa shape index (κ3) is 4.02. The molecule has 0 aromatic heterocycles. The van der Waals surface area contributed by atoms with Gasteiger partial charge in [-0.1, -0.05) is 62.4 Å². The van der Waals surface area contributed by atoms with E-state index in [2.05, 4.69) is 30.6 Å². The molecule has 33 heavy (non-hydrogen) atoms. The molecule has 0 unspecified atom stereocenters. The van der Waals surface area contributed by atoms with Gasteiger partial charge >= 0.3 is 0 Å². The molecule has 5 nitrogen and oxygen atoms in total. The SMILES string of the molecule is CC1(C)C=C2Nc3cc(C(=O)c4ccccc4)ccc3N[C@@H](c3ccc(O)cc3)[C@H]2C(=O)C1. The predicted molar refractivity (Wildman–Crippen MR) is 129 cm³/mol. The summed E-state index contributed by atoms with van der Waals surface area (Å²) in [6.45, 7) is 4.11. The van der Waals surface area contributed by atoms with Gasteiger partial charge in [0.05, 0.1) is 23.3 Å². The Kier molecular flexibility index (Phi) is 5.05. The topological polar surface area (TPSA) is 78.4 Å². The Hall–Kier alpha value is -3.86. The maximum absolute atomic E-state index is 13.3. The van der Waals surface area contributed by atoms with Crippen LogP contribution in [0.3, 0.4) is 0 Å². The highest BCUT2D eigenvalue weighted by molar-refractivity contribution is 6.10. The number of phenolic OH excluding ortho intramolecular Hbond substituents is 1. The number of carbonyl (C=O) groups excluding carboxylic acids is 2. The molecule has 166 valence electrons. The van der Waals surface area contributed by atoms with Crippen LogP contribution in [0.4, 0.5) is 11.4 Å². The lowest BCUT2D eigenvalue weighted by Gasteiger charge is -2.35. The highest BCUT2D eigenvalue weighted by Gasteiger charge is 2.41. The van der Waals surface area contributed by atoms with E-state index in [0.717, 1.165) is 22.6 Å². The number of ketones is 2. The van der Waals surface area contributed by atoms with E-state index in [0.29, 0.717) is 17.5 Å². The lowest BCUT2D eigenvalue weighted by atomic mass is 9.72. The average Bonchev–Trinajstić information content (AvgIpc) is 2.95.